The first-order valence-electron chi connectivity index (χ1n) is 10.0. The smallest absolute Gasteiger partial charge is 0.341 e. The first-order valence-corrected chi connectivity index (χ1v) is 11.9. The number of ether oxygens (including phenoxy) is 3. The molecule has 8 nitrogen and oxygen atoms in total. The van der Waals surface area contributed by atoms with Crippen molar-refractivity contribution in [1.82, 2.24) is 4.90 Å². The number of carboxylic acids is 1. The van der Waals surface area contributed by atoms with Crippen LogP contribution < -0.4 is 14.2 Å². The van der Waals surface area contributed by atoms with Gasteiger partial charge in [-0.05, 0) is 84.1 Å². The lowest BCUT2D eigenvalue weighted by Gasteiger charge is -2.14. The van der Waals surface area contributed by atoms with Crippen molar-refractivity contribution in [2.75, 3.05) is 26.4 Å². The molecule has 10 heteroatoms. The summed E-state index contributed by atoms with van der Waals surface area (Å²) in [5.74, 6) is -0.138. The van der Waals surface area contributed by atoms with Crippen LogP contribution in [-0.2, 0) is 9.59 Å². The SMILES string of the molecule is CCOc1cc(/C=C2\SC(=O)N(CCOc3ccc(C)cc3)C2=O)cc(I)c1OCC(=O)O. The quantitative estimate of drug-likeness (QED) is 0.321. The monoisotopic (exact) mass is 583 g/mol. The molecule has 1 aliphatic rings. The summed E-state index contributed by atoms with van der Waals surface area (Å²) in [4.78, 5) is 37.5. The fraction of sp³-hybridized carbons (Fsp3) is 0.261. The fourth-order valence-electron chi connectivity index (χ4n) is 2.94. The first-order chi connectivity index (χ1) is 15.8. The molecule has 0 aromatic heterocycles. The van der Waals surface area contributed by atoms with Gasteiger partial charge in [0.2, 0.25) is 0 Å². The van der Waals surface area contributed by atoms with E-state index in [1.165, 1.54) is 0 Å². The van der Waals surface area contributed by atoms with Crippen LogP contribution in [0.25, 0.3) is 6.08 Å². The van der Waals surface area contributed by atoms with E-state index in [2.05, 4.69) is 0 Å². The summed E-state index contributed by atoms with van der Waals surface area (Å²) in [6, 6.07) is 10.9. The third kappa shape index (κ3) is 6.64. The topological polar surface area (TPSA) is 102 Å². The maximum absolute atomic E-state index is 12.8. The summed E-state index contributed by atoms with van der Waals surface area (Å²) in [5, 5.41) is 8.52. The van der Waals surface area contributed by atoms with Crippen LogP contribution in [0.15, 0.2) is 41.3 Å². The van der Waals surface area contributed by atoms with Gasteiger partial charge >= 0.3 is 5.97 Å². The van der Waals surface area contributed by atoms with Gasteiger partial charge in [-0.2, -0.15) is 0 Å². The van der Waals surface area contributed by atoms with Gasteiger partial charge in [-0.25, -0.2) is 4.79 Å². The number of hydrogen-bond acceptors (Lipinski definition) is 7. The maximum atomic E-state index is 12.8. The molecular formula is C23H22INO7S. The van der Waals surface area contributed by atoms with E-state index in [-0.39, 0.29) is 23.3 Å². The molecule has 0 saturated carbocycles. The van der Waals surface area contributed by atoms with E-state index in [0.29, 0.717) is 33.0 Å². The van der Waals surface area contributed by atoms with Crippen molar-refractivity contribution in [2.45, 2.75) is 13.8 Å². The van der Waals surface area contributed by atoms with Crippen LogP contribution in [0, 0.1) is 10.5 Å². The van der Waals surface area contributed by atoms with E-state index < -0.39 is 18.5 Å². The van der Waals surface area contributed by atoms with Crippen molar-refractivity contribution < 1.29 is 33.7 Å². The molecule has 2 aromatic carbocycles. The van der Waals surface area contributed by atoms with Crippen LogP contribution in [0.3, 0.4) is 0 Å². The van der Waals surface area contributed by atoms with Crippen LogP contribution in [-0.4, -0.2) is 53.5 Å². The van der Waals surface area contributed by atoms with E-state index in [1.54, 1.807) is 25.1 Å². The number of benzene rings is 2. The minimum Gasteiger partial charge on any atom is -0.492 e. The number of carbonyl (C=O) groups is 3. The Morgan fingerprint density at radius 3 is 2.55 bits per heavy atom. The molecular weight excluding hydrogens is 561 g/mol. The molecule has 3 rings (SSSR count). The van der Waals surface area contributed by atoms with Gasteiger partial charge in [0.25, 0.3) is 11.1 Å². The Balaban J connectivity index is 1.72. The molecule has 0 radical (unpaired) electrons. The number of aliphatic carboxylic acids is 1. The molecule has 1 saturated heterocycles. The van der Waals surface area contributed by atoms with Gasteiger partial charge in [0.15, 0.2) is 18.1 Å². The summed E-state index contributed by atoms with van der Waals surface area (Å²) >= 11 is 2.87. The van der Waals surface area contributed by atoms with Crippen molar-refractivity contribution in [1.29, 1.82) is 0 Å². The zero-order valence-electron chi connectivity index (χ0n) is 18.0. The number of amides is 2. The van der Waals surface area contributed by atoms with E-state index in [1.807, 2.05) is 53.8 Å². The lowest BCUT2D eigenvalue weighted by atomic mass is 10.2. The number of hydrogen-bond donors (Lipinski definition) is 1. The lowest BCUT2D eigenvalue weighted by Crippen LogP contribution is -2.32. The number of nitrogens with zero attached hydrogens (tertiary/aromatic N) is 1. The fourth-order valence-corrected chi connectivity index (χ4v) is 4.59. The van der Waals surface area contributed by atoms with Gasteiger partial charge in [-0.3, -0.25) is 14.5 Å². The van der Waals surface area contributed by atoms with Crippen LogP contribution >= 0.6 is 34.4 Å². The maximum Gasteiger partial charge on any atom is 0.341 e. The number of carboxylic acid groups (broad SMARTS) is 1. The molecule has 1 fully saturated rings. The number of imide groups is 1. The molecule has 0 aliphatic carbocycles. The standard InChI is InChI=1S/C23H22INO7S/c1-3-30-18-11-15(10-17(24)21(18)32-13-20(26)27)12-19-22(28)25(23(29)33-19)8-9-31-16-6-4-14(2)5-7-16/h4-7,10-12H,3,8-9,13H2,1-2H3,(H,26,27)/b19-12-. The lowest BCUT2D eigenvalue weighted by molar-refractivity contribution is -0.139. The highest BCUT2D eigenvalue weighted by atomic mass is 127. The van der Waals surface area contributed by atoms with E-state index in [9.17, 15) is 14.4 Å². The van der Waals surface area contributed by atoms with E-state index >= 15 is 0 Å². The second-order valence-corrected chi connectivity index (χ2v) is 9.10. The third-order valence-electron chi connectivity index (χ3n) is 4.45. The number of carbonyl (C=O) groups excluding carboxylic acids is 2. The Kier molecular flexibility index (Phi) is 8.61. The van der Waals surface area contributed by atoms with Gasteiger partial charge in [-0.15, -0.1) is 0 Å². The number of thioether (sulfide) groups is 1. The Hall–Kier alpha value is -2.73. The third-order valence-corrected chi connectivity index (χ3v) is 6.16. The normalized spacial score (nSPS) is 14.6. The predicted octanol–water partition coefficient (Wildman–Crippen LogP) is 4.58. The van der Waals surface area contributed by atoms with Crippen LogP contribution in [0.4, 0.5) is 4.79 Å². The summed E-state index contributed by atoms with van der Waals surface area (Å²) in [5.41, 5.74) is 1.74. The van der Waals surface area contributed by atoms with Crippen molar-refractivity contribution in [3.63, 3.8) is 0 Å². The first kappa shape index (κ1) is 24.9. The Morgan fingerprint density at radius 1 is 1.15 bits per heavy atom. The summed E-state index contributed by atoms with van der Waals surface area (Å²) in [7, 11) is 0. The molecule has 2 aromatic rings. The van der Waals surface area contributed by atoms with Gasteiger partial charge in [0, 0.05) is 0 Å². The molecule has 174 valence electrons. The second kappa shape index (κ2) is 11.4. The molecule has 0 spiro atoms. The summed E-state index contributed by atoms with van der Waals surface area (Å²) < 4.78 is 17.2. The average molecular weight is 583 g/mol. The Labute approximate surface area is 209 Å². The van der Waals surface area contributed by atoms with E-state index in [0.717, 1.165) is 22.2 Å². The minimum atomic E-state index is -1.10. The van der Waals surface area contributed by atoms with Crippen molar-refractivity contribution in [2.24, 2.45) is 0 Å². The van der Waals surface area contributed by atoms with Gasteiger partial charge in [-0.1, -0.05) is 17.7 Å². The Bertz CT molecular complexity index is 1080. The molecule has 2 amide bonds. The molecule has 1 heterocycles. The molecule has 1 aliphatic heterocycles. The second-order valence-electron chi connectivity index (χ2n) is 6.94. The highest BCUT2D eigenvalue weighted by molar-refractivity contribution is 14.1. The average Bonchev–Trinajstić information content (AvgIpc) is 3.02. The highest BCUT2D eigenvalue weighted by Gasteiger charge is 2.35. The van der Waals surface area contributed by atoms with Gasteiger partial charge < -0.3 is 19.3 Å². The van der Waals surface area contributed by atoms with Crippen molar-refractivity contribution in [3.8, 4) is 17.2 Å². The largest absolute Gasteiger partial charge is 0.492 e. The molecule has 0 atom stereocenters. The number of aryl methyl sites for hydroxylation is 1. The minimum absolute atomic E-state index is 0.138. The van der Waals surface area contributed by atoms with Crippen LogP contribution in [0.5, 0.6) is 17.2 Å². The van der Waals surface area contributed by atoms with Gasteiger partial charge in [0.1, 0.15) is 12.4 Å². The van der Waals surface area contributed by atoms with Crippen molar-refractivity contribution >= 4 is 57.5 Å². The Morgan fingerprint density at radius 2 is 1.88 bits per heavy atom. The predicted molar refractivity (Wildman–Crippen MR) is 133 cm³/mol. The highest BCUT2D eigenvalue weighted by Crippen LogP contribution is 2.37. The van der Waals surface area contributed by atoms with Crippen LogP contribution in [0.2, 0.25) is 0 Å². The molecule has 0 bridgehead atoms. The summed E-state index contributed by atoms with van der Waals surface area (Å²) in [6.45, 7) is 3.95. The zero-order valence-corrected chi connectivity index (χ0v) is 21.0. The molecule has 0 unspecified atom stereocenters. The number of halogens is 1. The van der Waals surface area contributed by atoms with Gasteiger partial charge in [0.05, 0.1) is 21.6 Å². The van der Waals surface area contributed by atoms with E-state index in [4.69, 9.17) is 19.3 Å². The number of rotatable bonds is 10. The molecule has 33 heavy (non-hydrogen) atoms. The molecule has 1 N–H and O–H groups in total. The zero-order chi connectivity index (χ0) is 24.0. The van der Waals surface area contributed by atoms with Crippen molar-refractivity contribution in [3.05, 3.63) is 56.0 Å². The van der Waals surface area contributed by atoms with Crippen LogP contribution in [0.1, 0.15) is 18.1 Å². The summed E-state index contributed by atoms with van der Waals surface area (Å²) in [6.07, 6.45) is 1.61.